The zero-order chi connectivity index (χ0) is 13.9. The molecule has 0 fully saturated rings. The van der Waals surface area contributed by atoms with Crippen LogP contribution in [0, 0.1) is 21.8 Å². The highest BCUT2D eigenvalue weighted by atomic mass is 32.2. The Hall–Kier alpha value is -1.63. The van der Waals surface area contributed by atoms with Crippen LogP contribution >= 0.6 is 11.8 Å². The van der Waals surface area contributed by atoms with Crippen molar-refractivity contribution in [1.29, 1.82) is 0 Å². The molecule has 0 saturated heterocycles. The number of nitrogens with zero attached hydrogens (tertiary/aromatic N) is 1. The maximum Gasteiger partial charge on any atom is 0.338 e. The van der Waals surface area contributed by atoms with Gasteiger partial charge in [-0.05, 0) is 12.0 Å². The minimum absolute atomic E-state index is 0.174. The molecule has 0 spiro atoms. The molecule has 0 radical (unpaired) electrons. The number of nitro groups is 1. The highest BCUT2D eigenvalue weighted by Crippen LogP contribution is 2.32. The fraction of sp³-hybridized carbons (Fsp3) is 0.364. The summed E-state index contributed by atoms with van der Waals surface area (Å²) >= 11 is 1.15. The molecule has 5 nitrogen and oxygen atoms in total. The highest BCUT2D eigenvalue weighted by molar-refractivity contribution is 7.99. The second kappa shape index (κ2) is 5.81. The quantitative estimate of drug-likeness (QED) is 0.506. The zero-order valence-corrected chi connectivity index (χ0v) is 10.7. The van der Waals surface area contributed by atoms with Crippen LogP contribution in [0.3, 0.4) is 0 Å². The molecule has 1 aromatic carbocycles. The molecule has 0 saturated carbocycles. The average molecular weight is 273 g/mol. The van der Waals surface area contributed by atoms with Crippen LogP contribution in [0.5, 0.6) is 0 Å². The van der Waals surface area contributed by atoms with E-state index in [1.54, 1.807) is 0 Å². The van der Waals surface area contributed by atoms with Crippen molar-refractivity contribution < 1.29 is 19.2 Å². The van der Waals surface area contributed by atoms with Gasteiger partial charge in [0.1, 0.15) is 5.82 Å². The molecule has 0 aliphatic carbocycles. The zero-order valence-electron chi connectivity index (χ0n) is 9.84. The Morgan fingerprint density at radius 1 is 1.56 bits per heavy atom. The van der Waals surface area contributed by atoms with Crippen molar-refractivity contribution in [2.75, 3.05) is 5.75 Å². The molecule has 0 unspecified atom stereocenters. The van der Waals surface area contributed by atoms with Gasteiger partial charge in [-0.25, -0.2) is 9.18 Å². The van der Waals surface area contributed by atoms with Gasteiger partial charge in [0, 0.05) is 5.75 Å². The summed E-state index contributed by atoms with van der Waals surface area (Å²) in [7, 11) is 0. The molecule has 0 atom stereocenters. The molecule has 98 valence electrons. The lowest BCUT2D eigenvalue weighted by atomic mass is 10.2. The molecule has 0 amide bonds. The number of carboxylic acid groups (broad SMARTS) is 1. The molecule has 0 bridgehead atoms. The van der Waals surface area contributed by atoms with Gasteiger partial charge < -0.3 is 5.11 Å². The van der Waals surface area contributed by atoms with Crippen LogP contribution in [0.4, 0.5) is 10.1 Å². The lowest BCUT2D eigenvalue weighted by Gasteiger charge is -2.07. The number of halogens is 1. The van der Waals surface area contributed by atoms with Gasteiger partial charge in [0.05, 0.1) is 21.4 Å². The second-order valence-electron chi connectivity index (χ2n) is 4.07. The van der Waals surface area contributed by atoms with E-state index in [0.29, 0.717) is 11.8 Å². The lowest BCUT2D eigenvalue weighted by Crippen LogP contribution is -2.03. The molecule has 1 rings (SSSR count). The Bertz CT molecular complexity index is 490. The Kier molecular flexibility index (Phi) is 4.66. The van der Waals surface area contributed by atoms with E-state index in [1.807, 2.05) is 13.8 Å². The standard InChI is InChI=1S/C11H12FNO4S/c1-6(2)5-18-10-3-7(11(14)15)8(12)4-9(10)13(16)17/h3-4,6H,5H2,1-2H3,(H,14,15). The van der Waals surface area contributed by atoms with Crippen LogP contribution in [-0.2, 0) is 0 Å². The SMILES string of the molecule is CC(C)CSc1cc(C(=O)O)c(F)cc1[N+](=O)[O-]. The van der Waals surface area contributed by atoms with Gasteiger partial charge in [-0.1, -0.05) is 13.8 Å². The number of carboxylic acids is 1. The van der Waals surface area contributed by atoms with Gasteiger partial charge in [-0.15, -0.1) is 11.8 Å². The molecule has 7 heteroatoms. The molecule has 0 aromatic heterocycles. The predicted octanol–water partition coefficient (Wildman–Crippen LogP) is 3.18. The molecular weight excluding hydrogens is 261 g/mol. The molecule has 1 N–H and O–H groups in total. The fourth-order valence-corrected chi connectivity index (χ4v) is 2.22. The van der Waals surface area contributed by atoms with Crippen molar-refractivity contribution in [3.8, 4) is 0 Å². The molecule has 1 aromatic rings. The van der Waals surface area contributed by atoms with Crippen molar-refractivity contribution in [3.05, 3.63) is 33.6 Å². The Balaban J connectivity index is 3.22. The van der Waals surface area contributed by atoms with Crippen LogP contribution in [0.2, 0.25) is 0 Å². The lowest BCUT2D eigenvalue weighted by molar-refractivity contribution is -0.387. The number of benzene rings is 1. The number of aromatic carboxylic acids is 1. The summed E-state index contributed by atoms with van der Waals surface area (Å²) in [5, 5.41) is 19.6. The first-order valence-corrected chi connectivity index (χ1v) is 6.15. The third-order valence-electron chi connectivity index (χ3n) is 2.05. The molecular formula is C11H12FNO4S. The number of thioether (sulfide) groups is 1. The summed E-state index contributed by atoms with van der Waals surface area (Å²) in [5.74, 6) is -1.66. The van der Waals surface area contributed by atoms with E-state index < -0.39 is 28.0 Å². The number of hydrogen-bond donors (Lipinski definition) is 1. The average Bonchev–Trinajstić information content (AvgIpc) is 2.26. The summed E-state index contributed by atoms with van der Waals surface area (Å²) in [6.07, 6.45) is 0. The summed E-state index contributed by atoms with van der Waals surface area (Å²) in [4.78, 5) is 21.0. The topological polar surface area (TPSA) is 80.4 Å². The third-order valence-corrected chi connectivity index (χ3v) is 3.52. The minimum atomic E-state index is -1.44. The molecule has 0 aliphatic rings. The maximum atomic E-state index is 13.3. The summed E-state index contributed by atoms with van der Waals surface area (Å²) < 4.78 is 13.3. The van der Waals surface area contributed by atoms with Crippen molar-refractivity contribution in [2.45, 2.75) is 18.7 Å². The van der Waals surface area contributed by atoms with Gasteiger partial charge >= 0.3 is 5.97 Å². The Morgan fingerprint density at radius 2 is 2.17 bits per heavy atom. The molecule has 18 heavy (non-hydrogen) atoms. The third kappa shape index (κ3) is 3.43. The smallest absolute Gasteiger partial charge is 0.338 e. The second-order valence-corrected chi connectivity index (χ2v) is 5.13. The fourth-order valence-electron chi connectivity index (χ4n) is 1.22. The van der Waals surface area contributed by atoms with Crippen molar-refractivity contribution in [3.63, 3.8) is 0 Å². The van der Waals surface area contributed by atoms with Gasteiger partial charge in [0.2, 0.25) is 0 Å². The monoisotopic (exact) mass is 273 g/mol. The van der Waals surface area contributed by atoms with Gasteiger partial charge in [0.15, 0.2) is 0 Å². The molecule has 0 aliphatic heterocycles. The van der Waals surface area contributed by atoms with E-state index in [9.17, 15) is 19.3 Å². The normalized spacial score (nSPS) is 10.7. The van der Waals surface area contributed by atoms with Crippen LogP contribution in [0.25, 0.3) is 0 Å². The number of rotatable bonds is 5. The van der Waals surface area contributed by atoms with Crippen molar-refractivity contribution in [1.82, 2.24) is 0 Å². The van der Waals surface area contributed by atoms with E-state index in [2.05, 4.69) is 0 Å². The highest BCUT2D eigenvalue weighted by Gasteiger charge is 2.21. The first kappa shape index (κ1) is 14.4. The van der Waals surface area contributed by atoms with Crippen LogP contribution in [0.15, 0.2) is 17.0 Å². The van der Waals surface area contributed by atoms with Crippen LogP contribution in [-0.4, -0.2) is 21.8 Å². The van der Waals surface area contributed by atoms with Gasteiger partial charge in [-0.2, -0.15) is 0 Å². The van der Waals surface area contributed by atoms with E-state index in [1.165, 1.54) is 0 Å². The Labute approximate surface area is 107 Å². The van der Waals surface area contributed by atoms with E-state index in [0.717, 1.165) is 17.8 Å². The first-order valence-electron chi connectivity index (χ1n) is 5.17. The van der Waals surface area contributed by atoms with Gasteiger partial charge in [-0.3, -0.25) is 10.1 Å². The van der Waals surface area contributed by atoms with Gasteiger partial charge in [0.25, 0.3) is 5.69 Å². The van der Waals surface area contributed by atoms with E-state index >= 15 is 0 Å². The van der Waals surface area contributed by atoms with E-state index in [-0.39, 0.29) is 10.8 Å². The number of nitro benzene ring substituents is 1. The van der Waals surface area contributed by atoms with Crippen molar-refractivity contribution >= 4 is 23.4 Å². The molecule has 0 heterocycles. The summed E-state index contributed by atoms with van der Waals surface area (Å²) in [6.45, 7) is 3.86. The number of hydrogen-bond acceptors (Lipinski definition) is 4. The predicted molar refractivity (Wildman–Crippen MR) is 65.6 cm³/mol. The van der Waals surface area contributed by atoms with Crippen molar-refractivity contribution in [2.24, 2.45) is 5.92 Å². The van der Waals surface area contributed by atoms with E-state index in [4.69, 9.17) is 5.11 Å². The minimum Gasteiger partial charge on any atom is -0.478 e. The summed E-state index contributed by atoms with van der Waals surface area (Å²) in [5.41, 5.74) is -0.949. The summed E-state index contributed by atoms with van der Waals surface area (Å²) in [6, 6.07) is 1.68. The first-order chi connectivity index (χ1) is 8.32. The Morgan fingerprint density at radius 3 is 2.61 bits per heavy atom. The maximum absolute atomic E-state index is 13.3. The van der Waals surface area contributed by atoms with Crippen LogP contribution in [0.1, 0.15) is 24.2 Å². The number of carbonyl (C=O) groups is 1. The largest absolute Gasteiger partial charge is 0.478 e. The van der Waals surface area contributed by atoms with Crippen LogP contribution < -0.4 is 0 Å².